The number of benzene rings is 1. The predicted molar refractivity (Wildman–Crippen MR) is 96.8 cm³/mol. The molecule has 6 nitrogen and oxygen atoms in total. The molecule has 0 aliphatic carbocycles. The number of carbonyl (C=O) groups excluding carboxylic acids is 1. The quantitative estimate of drug-likeness (QED) is 0.742. The molecule has 1 aromatic heterocycles. The molecule has 2 rings (SSSR count). The zero-order valence-electron chi connectivity index (χ0n) is 14.6. The predicted octanol–water partition coefficient (Wildman–Crippen LogP) is 2.31. The second kappa shape index (κ2) is 8.30. The molecule has 0 aliphatic rings. The molecule has 1 amide bonds. The molecule has 0 unspecified atom stereocenters. The van der Waals surface area contributed by atoms with E-state index in [1.54, 1.807) is 6.92 Å². The third-order valence-electron chi connectivity index (χ3n) is 3.92. The lowest BCUT2D eigenvalue weighted by molar-refractivity contribution is -0.117. The minimum absolute atomic E-state index is 0.166. The summed E-state index contributed by atoms with van der Waals surface area (Å²) in [7, 11) is 4.07. The van der Waals surface area contributed by atoms with Crippen LogP contribution >= 0.6 is 11.8 Å². The standard InChI is InChI=1S/C17H25N5OS/c1-5-14(21(3)4)16-19-20-17(24-12(2)15(18)23)22(16)11-13-9-7-6-8-10-13/h6-10,12,14H,5,11H2,1-4H3,(H2,18,23)/t12-,14+/m0/s1. The third-order valence-corrected chi connectivity index (χ3v) is 5.02. The maximum Gasteiger partial charge on any atom is 0.230 e. The van der Waals surface area contributed by atoms with E-state index in [4.69, 9.17) is 5.73 Å². The molecule has 2 N–H and O–H groups in total. The Morgan fingerprint density at radius 3 is 2.50 bits per heavy atom. The smallest absolute Gasteiger partial charge is 0.230 e. The molecule has 1 heterocycles. The maximum absolute atomic E-state index is 11.4. The van der Waals surface area contributed by atoms with Crippen molar-refractivity contribution in [3.63, 3.8) is 0 Å². The second-order valence-corrected chi connectivity index (χ2v) is 7.27. The summed E-state index contributed by atoms with van der Waals surface area (Å²) in [5, 5.41) is 9.11. The van der Waals surface area contributed by atoms with Crippen molar-refractivity contribution in [2.24, 2.45) is 5.73 Å². The minimum Gasteiger partial charge on any atom is -0.369 e. The summed E-state index contributed by atoms with van der Waals surface area (Å²) in [6, 6.07) is 10.3. The van der Waals surface area contributed by atoms with Crippen molar-refractivity contribution >= 4 is 17.7 Å². The number of thioether (sulfide) groups is 1. The second-order valence-electron chi connectivity index (χ2n) is 5.96. The molecule has 7 heteroatoms. The summed E-state index contributed by atoms with van der Waals surface area (Å²) >= 11 is 1.35. The van der Waals surface area contributed by atoms with Crippen molar-refractivity contribution in [1.29, 1.82) is 0 Å². The molecular formula is C17H25N5OS. The van der Waals surface area contributed by atoms with Crippen LogP contribution < -0.4 is 5.73 Å². The van der Waals surface area contributed by atoms with Crippen LogP contribution in [0.3, 0.4) is 0 Å². The summed E-state index contributed by atoms with van der Waals surface area (Å²) in [6.07, 6.45) is 0.927. The monoisotopic (exact) mass is 347 g/mol. The van der Waals surface area contributed by atoms with Gasteiger partial charge in [0.25, 0.3) is 0 Å². The lowest BCUT2D eigenvalue weighted by Crippen LogP contribution is -2.25. The fourth-order valence-corrected chi connectivity index (χ4v) is 3.35. The number of hydrogen-bond donors (Lipinski definition) is 1. The molecule has 2 aromatic rings. The number of aromatic nitrogens is 3. The minimum atomic E-state index is -0.351. The SMILES string of the molecule is CC[C@H](c1nnc(S[C@@H](C)C(N)=O)n1Cc1ccccc1)N(C)C. The van der Waals surface area contributed by atoms with E-state index in [0.29, 0.717) is 6.54 Å². The number of nitrogens with two attached hydrogens (primary N) is 1. The van der Waals surface area contributed by atoms with Gasteiger partial charge in [-0.3, -0.25) is 9.69 Å². The number of carbonyl (C=O) groups is 1. The highest BCUT2D eigenvalue weighted by atomic mass is 32.2. The number of primary amides is 1. The molecular weight excluding hydrogens is 322 g/mol. The number of amides is 1. The van der Waals surface area contributed by atoms with Crippen molar-refractivity contribution in [3.05, 3.63) is 41.7 Å². The average molecular weight is 347 g/mol. The van der Waals surface area contributed by atoms with Gasteiger partial charge in [-0.2, -0.15) is 0 Å². The van der Waals surface area contributed by atoms with Crippen LogP contribution in [0.25, 0.3) is 0 Å². The zero-order chi connectivity index (χ0) is 17.7. The first kappa shape index (κ1) is 18.5. The van der Waals surface area contributed by atoms with Crippen molar-refractivity contribution in [2.75, 3.05) is 14.1 Å². The van der Waals surface area contributed by atoms with Crippen molar-refractivity contribution in [3.8, 4) is 0 Å². The molecule has 1 aromatic carbocycles. The first-order chi connectivity index (χ1) is 11.4. The Labute approximate surface area is 147 Å². The summed E-state index contributed by atoms with van der Waals surface area (Å²) in [5.41, 5.74) is 6.57. The highest BCUT2D eigenvalue weighted by Gasteiger charge is 2.24. The van der Waals surface area contributed by atoms with Gasteiger partial charge >= 0.3 is 0 Å². The molecule has 0 spiro atoms. The Morgan fingerprint density at radius 1 is 1.29 bits per heavy atom. The van der Waals surface area contributed by atoms with Gasteiger partial charge in [0.05, 0.1) is 17.8 Å². The lowest BCUT2D eigenvalue weighted by atomic mass is 10.2. The van der Waals surface area contributed by atoms with Gasteiger partial charge < -0.3 is 10.3 Å². The Kier molecular flexibility index (Phi) is 6.39. The van der Waals surface area contributed by atoms with E-state index in [1.165, 1.54) is 17.3 Å². The summed E-state index contributed by atoms with van der Waals surface area (Å²) < 4.78 is 2.09. The molecule has 0 aliphatic heterocycles. The summed E-state index contributed by atoms with van der Waals surface area (Å²) in [6.45, 7) is 4.59. The lowest BCUT2D eigenvalue weighted by Gasteiger charge is -2.23. The van der Waals surface area contributed by atoms with E-state index in [0.717, 1.165) is 17.4 Å². The fraction of sp³-hybridized carbons (Fsp3) is 0.471. The Hall–Kier alpha value is -1.86. The number of rotatable bonds is 8. The van der Waals surface area contributed by atoms with Crippen molar-refractivity contribution < 1.29 is 4.79 Å². The van der Waals surface area contributed by atoms with Crippen molar-refractivity contribution in [1.82, 2.24) is 19.7 Å². The highest BCUT2D eigenvalue weighted by molar-refractivity contribution is 8.00. The van der Waals surface area contributed by atoms with E-state index >= 15 is 0 Å². The van der Waals surface area contributed by atoms with Gasteiger partial charge in [0, 0.05) is 0 Å². The molecule has 130 valence electrons. The van der Waals surface area contributed by atoms with E-state index in [2.05, 4.69) is 38.7 Å². The van der Waals surface area contributed by atoms with E-state index < -0.39 is 0 Å². The Bertz CT molecular complexity index is 671. The van der Waals surface area contributed by atoms with Crippen LogP contribution in [-0.2, 0) is 11.3 Å². The summed E-state index contributed by atoms with van der Waals surface area (Å²) in [5.74, 6) is 0.556. The summed E-state index contributed by atoms with van der Waals surface area (Å²) in [4.78, 5) is 13.6. The maximum atomic E-state index is 11.4. The van der Waals surface area contributed by atoms with E-state index in [-0.39, 0.29) is 17.2 Å². The first-order valence-electron chi connectivity index (χ1n) is 8.03. The third kappa shape index (κ3) is 4.36. The zero-order valence-corrected chi connectivity index (χ0v) is 15.5. The van der Waals surface area contributed by atoms with Crippen LogP contribution in [0.4, 0.5) is 0 Å². The normalized spacial score (nSPS) is 13.9. The van der Waals surface area contributed by atoms with Gasteiger partial charge in [-0.05, 0) is 33.0 Å². The number of hydrogen-bond acceptors (Lipinski definition) is 5. The molecule has 0 bridgehead atoms. The Morgan fingerprint density at radius 2 is 1.96 bits per heavy atom. The van der Waals surface area contributed by atoms with Crippen LogP contribution in [0.15, 0.2) is 35.5 Å². The molecule has 24 heavy (non-hydrogen) atoms. The first-order valence-corrected chi connectivity index (χ1v) is 8.91. The molecule has 0 fully saturated rings. The van der Waals surface area contributed by atoms with Gasteiger partial charge in [-0.25, -0.2) is 0 Å². The average Bonchev–Trinajstić information content (AvgIpc) is 2.91. The number of nitrogens with zero attached hydrogens (tertiary/aromatic N) is 4. The highest BCUT2D eigenvalue weighted by Crippen LogP contribution is 2.28. The Balaban J connectivity index is 2.40. The van der Waals surface area contributed by atoms with Gasteiger partial charge in [0.15, 0.2) is 11.0 Å². The van der Waals surface area contributed by atoms with Crippen LogP contribution in [0.1, 0.15) is 37.7 Å². The topological polar surface area (TPSA) is 77.0 Å². The van der Waals surface area contributed by atoms with Gasteiger partial charge in [0.1, 0.15) is 0 Å². The fourth-order valence-electron chi connectivity index (χ4n) is 2.54. The molecule has 0 saturated carbocycles. The molecule has 0 radical (unpaired) electrons. The van der Waals surface area contributed by atoms with E-state index in [1.807, 2.05) is 32.3 Å². The molecule has 0 saturated heterocycles. The van der Waals surface area contributed by atoms with E-state index in [9.17, 15) is 4.79 Å². The van der Waals surface area contributed by atoms with Crippen LogP contribution in [0, 0.1) is 0 Å². The van der Waals surface area contributed by atoms with Gasteiger partial charge in [-0.1, -0.05) is 49.0 Å². The van der Waals surface area contributed by atoms with Gasteiger partial charge in [-0.15, -0.1) is 10.2 Å². The molecule has 2 atom stereocenters. The van der Waals surface area contributed by atoms with Crippen molar-refractivity contribution in [2.45, 2.75) is 43.3 Å². The van der Waals surface area contributed by atoms with Crippen LogP contribution in [0.2, 0.25) is 0 Å². The largest absolute Gasteiger partial charge is 0.369 e. The van der Waals surface area contributed by atoms with Crippen LogP contribution in [-0.4, -0.2) is 44.9 Å². The van der Waals surface area contributed by atoms with Gasteiger partial charge in [0.2, 0.25) is 5.91 Å². The van der Waals surface area contributed by atoms with Crippen LogP contribution in [0.5, 0.6) is 0 Å².